The lowest BCUT2D eigenvalue weighted by molar-refractivity contribution is 0.0968. The fourth-order valence-electron chi connectivity index (χ4n) is 5.39. The van der Waals surface area contributed by atoms with Gasteiger partial charge in [0, 0.05) is 35.6 Å². The number of carbonyl (C=O) groups is 1. The van der Waals surface area contributed by atoms with Crippen LogP contribution in [0.2, 0.25) is 10.0 Å². The number of hydrogen-bond donors (Lipinski definition) is 3. The van der Waals surface area contributed by atoms with E-state index in [1.54, 1.807) is 18.3 Å². The number of ketones is 1. The minimum Gasteiger partial charge on any atom is -0.505 e. The smallest absolute Gasteiger partial charge is 0.169 e. The van der Waals surface area contributed by atoms with E-state index in [9.17, 15) is 9.90 Å². The second-order valence-corrected chi connectivity index (χ2v) is 10.5. The highest BCUT2D eigenvalue weighted by molar-refractivity contribution is 6.37. The van der Waals surface area contributed by atoms with Crippen LogP contribution < -0.4 is 10.6 Å². The monoisotopic (exact) mass is 481 g/mol. The van der Waals surface area contributed by atoms with E-state index in [1.807, 2.05) is 18.2 Å². The number of piperidine rings is 1. The molecule has 2 saturated heterocycles. The summed E-state index contributed by atoms with van der Waals surface area (Å²) in [6, 6.07) is 10.8. The van der Waals surface area contributed by atoms with Crippen molar-refractivity contribution in [3.63, 3.8) is 0 Å². The normalized spacial score (nSPS) is 24.2. The Morgan fingerprint density at radius 3 is 2.36 bits per heavy atom. The van der Waals surface area contributed by atoms with Crippen molar-refractivity contribution in [3.8, 4) is 16.9 Å². The molecule has 3 heterocycles. The number of rotatable bonds is 5. The summed E-state index contributed by atoms with van der Waals surface area (Å²) in [6.07, 6.45) is 8.22. The molecule has 0 radical (unpaired) electrons. The van der Waals surface area contributed by atoms with E-state index in [0.717, 1.165) is 53.4 Å². The zero-order valence-corrected chi connectivity index (χ0v) is 19.6. The first-order chi connectivity index (χ1) is 16.0. The van der Waals surface area contributed by atoms with Gasteiger partial charge in [-0.2, -0.15) is 0 Å². The average molecular weight is 482 g/mol. The topological polar surface area (TPSA) is 74.2 Å². The summed E-state index contributed by atoms with van der Waals surface area (Å²) in [6.45, 7) is 0. The number of hydrogen-bond acceptors (Lipinski definition) is 5. The molecule has 1 aromatic heterocycles. The van der Waals surface area contributed by atoms with Crippen molar-refractivity contribution in [1.29, 1.82) is 0 Å². The largest absolute Gasteiger partial charge is 0.505 e. The van der Waals surface area contributed by atoms with Crippen molar-refractivity contribution >= 4 is 45.6 Å². The molecule has 33 heavy (non-hydrogen) atoms. The summed E-state index contributed by atoms with van der Waals surface area (Å²) in [4.78, 5) is 17.8. The number of anilines is 1. The number of benzene rings is 2. The Morgan fingerprint density at radius 2 is 1.70 bits per heavy atom. The van der Waals surface area contributed by atoms with E-state index in [-0.39, 0.29) is 27.5 Å². The number of phenolic OH excluding ortho intramolecular Hbond substituents is 1. The summed E-state index contributed by atoms with van der Waals surface area (Å²) in [5, 5.41) is 18.7. The number of Topliss-reactive ketones (excluding diaryl/α,β-unsaturated/α-hetero) is 1. The SMILES string of the molecule is O=C(c1cnc2ccc(-c3cc(Cl)c(O)c(Cl)c3)cc2c1NC1CC2CC[C@@H](C1)N2)C1CC1. The molecule has 3 N–H and O–H groups in total. The molecule has 3 aliphatic rings. The average Bonchev–Trinajstić information content (AvgIpc) is 3.61. The molecule has 2 bridgehead atoms. The van der Waals surface area contributed by atoms with Crippen LogP contribution in [0.4, 0.5) is 5.69 Å². The van der Waals surface area contributed by atoms with Crippen LogP contribution in [-0.4, -0.2) is 34.0 Å². The second-order valence-electron chi connectivity index (χ2n) is 9.66. The minimum absolute atomic E-state index is 0.117. The van der Waals surface area contributed by atoms with E-state index < -0.39 is 0 Å². The fourth-order valence-corrected chi connectivity index (χ4v) is 5.88. The summed E-state index contributed by atoms with van der Waals surface area (Å²) in [5.41, 5.74) is 4.12. The highest BCUT2D eigenvalue weighted by Crippen LogP contribution is 2.41. The Hall–Kier alpha value is -2.34. The lowest BCUT2D eigenvalue weighted by Crippen LogP contribution is -2.43. The van der Waals surface area contributed by atoms with Gasteiger partial charge in [-0.1, -0.05) is 29.3 Å². The summed E-state index contributed by atoms with van der Waals surface area (Å²) >= 11 is 12.4. The van der Waals surface area contributed by atoms with Crippen molar-refractivity contribution in [2.45, 2.75) is 56.7 Å². The van der Waals surface area contributed by atoms with Crippen molar-refractivity contribution in [2.24, 2.45) is 5.92 Å². The van der Waals surface area contributed by atoms with Gasteiger partial charge in [0.1, 0.15) is 0 Å². The van der Waals surface area contributed by atoms with Gasteiger partial charge in [-0.05, 0) is 73.9 Å². The van der Waals surface area contributed by atoms with E-state index in [4.69, 9.17) is 23.2 Å². The zero-order valence-electron chi connectivity index (χ0n) is 18.1. The molecular formula is C26H25Cl2N3O2. The van der Waals surface area contributed by atoms with Gasteiger partial charge >= 0.3 is 0 Å². The lowest BCUT2D eigenvalue weighted by atomic mass is 9.96. The maximum Gasteiger partial charge on any atom is 0.169 e. The Labute approximate surface area is 202 Å². The number of pyridine rings is 1. The second kappa shape index (κ2) is 8.15. The number of fused-ring (bicyclic) bond motifs is 3. The molecule has 1 saturated carbocycles. The molecule has 0 spiro atoms. The number of halogens is 2. The van der Waals surface area contributed by atoms with Gasteiger partial charge < -0.3 is 15.7 Å². The quantitative estimate of drug-likeness (QED) is 0.378. The highest BCUT2D eigenvalue weighted by atomic mass is 35.5. The predicted molar refractivity (Wildman–Crippen MR) is 133 cm³/mol. The third kappa shape index (κ3) is 3.96. The van der Waals surface area contributed by atoms with Gasteiger partial charge in [0.25, 0.3) is 0 Å². The highest BCUT2D eigenvalue weighted by Gasteiger charge is 2.36. The summed E-state index contributed by atoms with van der Waals surface area (Å²) in [5.74, 6) is 0.182. The summed E-state index contributed by atoms with van der Waals surface area (Å²) < 4.78 is 0. The fraction of sp³-hybridized carbons (Fsp3) is 0.385. The van der Waals surface area contributed by atoms with Crippen LogP contribution in [0.1, 0.15) is 48.9 Å². The molecule has 5 nitrogen and oxygen atoms in total. The molecule has 1 aliphatic carbocycles. The zero-order chi connectivity index (χ0) is 22.7. The molecule has 0 amide bonds. The first-order valence-corrected chi connectivity index (χ1v) is 12.4. The number of aromatic nitrogens is 1. The number of nitrogens with zero attached hydrogens (tertiary/aromatic N) is 1. The van der Waals surface area contributed by atoms with E-state index in [0.29, 0.717) is 23.7 Å². The minimum atomic E-state index is -0.121. The Morgan fingerprint density at radius 1 is 1.00 bits per heavy atom. The van der Waals surface area contributed by atoms with Crippen LogP contribution in [0.5, 0.6) is 5.75 Å². The number of nitrogens with one attached hydrogen (secondary N) is 2. The molecule has 3 fully saturated rings. The van der Waals surface area contributed by atoms with Crippen molar-refractivity contribution < 1.29 is 9.90 Å². The predicted octanol–water partition coefficient (Wildman–Crippen LogP) is 6.20. The standard InChI is InChI=1S/C26H25Cl2N3O2/c27-21-8-15(9-22(28)26(21)33)14-3-6-23-19(7-14)24(20(12-29-23)25(32)13-1-2-13)31-18-10-16-4-5-17(11-18)30-16/h3,6-9,12-13,16-18,30,33H,1-2,4-5,10-11H2,(H,29,31)/t16-,17?,18?/m0/s1. The third-order valence-electron chi connectivity index (χ3n) is 7.25. The molecule has 2 aromatic carbocycles. The lowest BCUT2D eigenvalue weighted by Gasteiger charge is -2.31. The van der Waals surface area contributed by atoms with Gasteiger partial charge in [-0.25, -0.2) is 0 Å². The molecule has 2 unspecified atom stereocenters. The van der Waals surface area contributed by atoms with Gasteiger partial charge in [-0.3, -0.25) is 9.78 Å². The van der Waals surface area contributed by atoms with Crippen LogP contribution in [0, 0.1) is 5.92 Å². The maximum absolute atomic E-state index is 13.2. The Balaban J connectivity index is 1.46. The van der Waals surface area contributed by atoms with E-state index in [1.165, 1.54) is 12.8 Å². The number of phenols is 1. The van der Waals surface area contributed by atoms with Crippen LogP contribution in [0.15, 0.2) is 36.5 Å². The molecule has 170 valence electrons. The number of aromatic hydroxyl groups is 1. The molecule has 6 rings (SSSR count). The first kappa shape index (κ1) is 21.2. The molecular weight excluding hydrogens is 457 g/mol. The van der Waals surface area contributed by atoms with Crippen LogP contribution >= 0.6 is 23.2 Å². The van der Waals surface area contributed by atoms with Gasteiger partial charge in [0.15, 0.2) is 11.5 Å². The van der Waals surface area contributed by atoms with E-state index in [2.05, 4.69) is 15.6 Å². The van der Waals surface area contributed by atoms with Crippen molar-refractivity contribution in [3.05, 3.63) is 52.1 Å². The van der Waals surface area contributed by atoms with Gasteiger partial charge in [0.2, 0.25) is 0 Å². The van der Waals surface area contributed by atoms with Gasteiger partial charge in [-0.15, -0.1) is 0 Å². The Bertz CT molecular complexity index is 1240. The first-order valence-electron chi connectivity index (χ1n) is 11.6. The molecule has 3 aromatic rings. The Kier molecular flexibility index (Phi) is 5.24. The number of carbonyl (C=O) groups excluding carboxylic acids is 1. The van der Waals surface area contributed by atoms with Crippen molar-refractivity contribution in [1.82, 2.24) is 10.3 Å². The maximum atomic E-state index is 13.2. The van der Waals surface area contributed by atoms with E-state index >= 15 is 0 Å². The third-order valence-corrected chi connectivity index (χ3v) is 7.83. The molecule has 3 atom stereocenters. The van der Waals surface area contributed by atoms with Crippen LogP contribution in [0.3, 0.4) is 0 Å². The molecule has 2 aliphatic heterocycles. The van der Waals surface area contributed by atoms with Crippen molar-refractivity contribution in [2.75, 3.05) is 5.32 Å². The van der Waals surface area contributed by atoms with Crippen LogP contribution in [-0.2, 0) is 0 Å². The van der Waals surface area contributed by atoms with Gasteiger partial charge in [0.05, 0.1) is 26.8 Å². The molecule has 7 heteroatoms. The van der Waals surface area contributed by atoms with Crippen LogP contribution in [0.25, 0.3) is 22.0 Å². The summed E-state index contributed by atoms with van der Waals surface area (Å²) in [7, 11) is 0.